The molecule has 0 radical (unpaired) electrons. The standard InChI is InChI=1S/C20H23NO3S/c1-4-23-19-10-15-9-14(3)24-18(15)11-17(19)21-20(22)12-25-16-7-5-13(2)6-8-16/h5-8,10-11,14H,4,9,12H2,1-3H3,(H,21,22). The number of hydrogen-bond acceptors (Lipinski definition) is 4. The number of hydrogen-bond donors (Lipinski definition) is 1. The van der Waals surface area contributed by atoms with E-state index in [1.165, 1.54) is 17.3 Å². The summed E-state index contributed by atoms with van der Waals surface area (Å²) in [4.78, 5) is 13.4. The van der Waals surface area contributed by atoms with Gasteiger partial charge in [-0.15, -0.1) is 11.8 Å². The lowest BCUT2D eigenvalue weighted by atomic mass is 10.1. The highest BCUT2D eigenvalue weighted by molar-refractivity contribution is 8.00. The number of carbonyl (C=O) groups excluding carboxylic acids is 1. The molecule has 132 valence electrons. The number of rotatable bonds is 6. The molecular formula is C20H23NO3S. The minimum atomic E-state index is -0.0578. The molecule has 0 saturated heterocycles. The summed E-state index contributed by atoms with van der Waals surface area (Å²) in [5, 5.41) is 2.96. The molecule has 0 bridgehead atoms. The Labute approximate surface area is 152 Å². The first-order valence-electron chi connectivity index (χ1n) is 8.51. The molecule has 0 aromatic heterocycles. The number of aryl methyl sites for hydroxylation is 1. The summed E-state index contributed by atoms with van der Waals surface area (Å²) >= 11 is 1.52. The molecule has 1 N–H and O–H groups in total. The number of fused-ring (bicyclic) bond motifs is 1. The second-order valence-corrected chi connectivity index (χ2v) is 7.22. The molecule has 5 heteroatoms. The summed E-state index contributed by atoms with van der Waals surface area (Å²) in [5.41, 5.74) is 3.01. The molecule has 1 aliphatic rings. The Bertz CT molecular complexity index is 758. The predicted octanol–water partition coefficient (Wildman–Crippen LogP) is 4.45. The highest BCUT2D eigenvalue weighted by Gasteiger charge is 2.22. The maximum absolute atomic E-state index is 12.3. The Morgan fingerprint density at radius 3 is 2.80 bits per heavy atom. The lowest BCUT2D eigenvalue weighted by Gasteiger charge is -2.13. The van der Waals surface area contributed by atoms with E-state index in [4.69, 9.17) is 9.47 Å². The maximum Gasteiger partial charge on any atom is 0.234 e. The van der Waals surface area contributed by atoms with Gasteiger partial charge in [-0.05, 0) is 39.0 Å². The van der Waals surface area contributed by atoms with Gasteiger partial charge >= 0.3 is 0 Å². The van der Waals surface area contributed by atoms with E-state index < -0.39 is 0 Å². The average Bonchev–Trinajstić information content (AvgIpc) is 2.94. The number of thioether (sulfide) groups is 1. The van der Waals surface area contributed by atoms with Crippen LogP contribution in [-0.4, -0.2) is 24.4 Å². The summed E-state index contributed by atoms with van der Waals surface area (Å²) in [5.74, 6) is 1.82. The van der Waals surface area contributed by atoms with E-state index in [0.717, 1.165) is 22.6 Å². The molecule has 0 aliphatic carbocycles. The summed E-state index contributed by atoms with van der Waals surface area (Å²) in [7, 11) is 0. The van der Waals surface area contributed by atoms with Gasteiger partial charge in [-0.1, -0.05) is 17.7 Å². The molecule has 0 spiro atoms. The number of ether oxygens (including phenoxy) is 2. The van der Waals surface area contributed by atoms with Gasteiger partial charge in [-0.2, -0.15) is 0 Å². The van der Waals surface area contributed by atoms with Gasteiger partial charge in [-0.25, -0.2) is 0 Å². The Kier molecular flexibility index (Phi) is 5.53. The molecule has 1 aliphatic heterocycles. The zero-order chi connectivity index (χ0) is 17.8. The van der Waals surface area contributed by atoms with Crippen LogP contribution < -0.4 is 14.8 Å². The second-order valence-electron chi connectivity index (χ2n) is 6.17. The van der Waals surface area contributed by atoms with Crippen LogP contribution in [0.15, 0.2) is 41.3 Å². The van der Waals surface area contributed by atoms with Gasteiger partial charge < -0.3 is 14.8 Å². The molecule has 1 amide bonds. The number of carbonyl (C=O) groups is 1. The maximum atomic E-state index is 12.3. The second kappa shape index (κ2) is 7.83. The third-order valence-electron chi connectivity index (χ3n) is 3.96. The number of amides is 1. The van der Waals surface area contributed by atoms with Crippen LogP contribution in [0.5, 0.6) is 11.5 Å². The third kappa shape index (κ3) is 4.48. The Balaban J connectivity index is 1.67. The van der Waals surface area contributed by atoms with Crippen molar-refractivity contribution in [1.29, 1.82) is 0 Å². The molecule has 1 heterocycles. The highest BCUT2D eigenvalue weighted by atomic mass is 32.2. The van der Waals surface area contributed by atoms with Gasteiger partial charge in [0.1, 0.15) is 17.6 Å². The van der Waals surface area contributed by atoms with Crippen LogP contribution in [-0.2, 0) is 11.2 Å². The molecule has 3 rings (SSSR count). The van der Waals surface area contributed by atoms with E-state index >= 15 is 0 Å². The lowest BCUT2D eigenvalue weighted by molar-refractivity contribution is -0.113. The van der Waals surface area contributed by atoms with Crippen LogP contribution >= 0.6 is 11.8 Å². The van der Waals surface area contributed by atoms with Crippen molar-refractivity contribution in [2.45, 2.75) is 38.2 Å². The lowest BCUT2D eigenvalue weighted by Crippen LogP contribution is -2.15. The van der Waals surface area contributed by atoms with Gasteiger partial charge in [0.15, 0.2) is 0 Å². The van der Waals surface area contributed by atoms with E-state index in [2.05, 4.69) is 5.32 Å². The minimum Gasteiger partial charge on any atom is -0.492 e. The predicted molar refractivity (Wildman–Crippen MR) is 102 cm³/mol. The van der Waals surface area contributed by atoms with E-state index in [0.29, 0.717) is 23.8 Å². The van der Waals surface area contributed by atoms with Crippen molar-refractivity contribution in [2.24, 2.45) is 0 Å². The number of benzene rings is 2. The molecule has 1 unspecified atom stereocenters. The molecule has 1 atom stereocenters. The topological polar surface area (TPSA) is 47.6 Å². The van der Waals surface area contributed by atoms with Crippen LogP contribution in [0.2, 0.25) is 0 Å². The van der Waals surface area contributed by atoms with Crippen molar-refractivity contribution in [3.63, 3.8) is 0 Å². The fourth-order valence-corrected chi connectivity index (χ4v) is 3.48. The minimum absolute atomic E-state index is 0.0578. The van der Waals surface area contributed by atoms with Crippen molar-refractivity contribution in [1.82, 2.24) is 0 Å². The van der Waals surface area contributed by atoms with Gasteiger partial charge in [-0.3, -0.25) is 4.79 Å². The third-order valence-corrected chi connectivity index (χ3v) is 4.98. The molecule has 4 nitrogen and oxygen atoms in total. The fourth-order valence-electron chi connectivity index (χ4n) is 2.78. The fraction of sp³-hybridized carbons (Fsp3) is 0.350. The summed E-state index contributed by atoms with van der Waals surface area (Å²) in [6.07, 6.45) is 1.03. The van der Waals surface area contributed by atoms with Crippen LogP contribution in [0.3, 0.4) is 0 Å². The van der Waals surface area contributed by atoms with E-state index in [1.807, 2.05) is 57.2 Å². The van der Waals surface area contributed by atoms with Gasteiger partial charge in [0, 0.05) is 22.9 Å². The van der Waals surface area contributed by atoms with Crippen LogP contribution in [0.1, 0.15) is 25.0 Å². The largest absolute Gasteiger partial charge is 0.492 e. The average molecular weight is 357 g/mol. The molecule has 25 heavy (non-hydrogen) atoms. The Morgan fingerprint density at radius 1 is 1.32 bits per heavy atom. The molecular weight excluding hydrogens is 334 g/mol. The van der Waals surface area contributed by atoms with E-state index in [1.54, 1.807) is 0 Å². The highest BCUT2D eigenvalue weighted by Crippen LogP contribution is 2.38. The first-order valence-corrected chi connectivity index (χ1v) is 9.49. The molecule has 0 fully saturated rings. The Morgan fingerprint density at radius 2 is 2.08 bits per heavy atom. The van der Waals surface area contributed by atoms with Gasteiger partial charge in [0.2, 0.25) is 5.91 Å². The zero-order valence-electron chi connectivity index (χ0n) is 14.8. The first-order chi connectivity index (χ1) is 12.0. The zero-order valence-corrected chi connectivity index (χ0v) is 15.6. The van der Waals surface area contributed by atoms with Crippen molar-refractivity contribution in [3.8, 4) is 11.5 Å². The molecule has 2 aromatic rings. The quantitative estimate of drug-likeness (QED) is 0.776. The van der Waals surface area contributed by atoms with E-state index in [9.17, 15) is 4.79 Å². The summed E-state index contributed by atoms with van der Waals surface area (Å²) in [6.45, 7) is 6.57. The summed E-state index contributed by atoms with van der Waals surface area (Å²) < 4.78 is 11.5. The normalized spacial score (nSPS) is 15.4. The van der Waals surface area contributed by atoms with E-state index in [-0.39, 0.29) is 12.0 Å². The Hall–Kier alpha value is -2.14. The van der Waals surface area contributed by atoms with Crippen molar-refractivity contribution >= 4 is 23.4 Å². The molecule has 2 aromatic carbocycles. The summed E-state index contributed by atoms with van der Waals surface area (Å²) in [6, 6.07) is 12.0. The van der Waals surface area contributed by atoms with Crippen LogP contribution in [0.25, 0.3) is 0 Å². The van der Waals surface area contributed by atoms with Gasteiger partial charge in [0.25, 0.3) is 0 Å². The van der Waals surface area contributed by atoms with Crippen molar-refractivity contribution in [3.05, 3.63) is 47.5 Å². The van der Waals surface area contributed by atoms with Crippen LogP contribution in [0, 0.1) is 6.92 Å². The monoisotopic (exact) mass is 357 g/mol. The SMILES string of the molecule is CCOc1cc2c(cc1NC(=O)CSc1ccc(C)cc1)OC(C)C2. The van der Waals surface area contributed by atoms with Gasteiger partial charge in [0.05, 0.1) is 18.0 Å². The van der Waals surface area contributed by atoms with Crippen LogP contribution in [0.4, 0.5) is 5.69 Å². The van der Waals surface area contributed by atoms with Crippen molar-refractivity contribution < 1.29 is 14.3 Å². The molecule has 0 saturated carbocycles. The smallest absolute Gasteiger partial charge is 0.234 e. The van der Waals surface area contributed by atoms with Crippen molar-refractivity contribution in [2.75, 3.05) is 17.7 Å². The first kappa shape index (κ1) is 17.7. The number of anilines is 1. The number of nitrogens with one attached hydrogen (secondary N) is 1.